The zero-order valence-electron chi connectivity index (χ0n) is 16.7. The molecule has 1 aliphatic rings. The third kappa shape index (κ3) is 3.54. The minimum absolute atomic E-state index is 0.0988. The van der Waals surface area contributed by atoms with Gasteiger partial charge in [-0.2, -0.15) is 0 Å². The summed E-state index contributed by atoms with van der Waals surface area (Å²) in [5, 5.41) is 25.9. The molecule has 30 heavy (non-hydrogen) atoms. The minimum atomic E-state index is -0.320. The van der Waals surface area contributed by atoms with E-state index in [1.165, 1.54) is 28.0 Å². The SMILES string of the molecule is CNC(=O)c1c(NC(=O)c2ccc(-n3c(O)ccc3O)cc2)sc2c1CCC(C)C2. The summed E-state index contributed by atoms with van der Waals surface area (Å²) in [5.41, 5.74) is 2.55. The first kappa shape index (κ1) is 20.0. The van der Waals surface area contributed by atoms with Crippen LogP contribution in [0, 0.1) is 5.92 Å². The van der Waals surface area contributed by atoms with Crippen LogP contribution in [0.4, 0.5) is 5.00 Å². The zero-order chi connectivity index (χ0) is 21.4. The molecule has 2 amide bonds. The standard InChI is InChI=1S/C22H23N3O4S/c1-12-3-8-15-16(11-12)30-22(19(15)21(29)23-2)24-20(28)13-4-6-14(7-5-13)25-17(26)9-10-18(25)27/h4-7,9-10,12,26-27H,3,8,11H2,1-2H3,(H,23,29)(H,24,28). The van der Waals surface area contributed by atoms with Crippen LogP contribution in [-0.2, 0) is 12.8 Å². The van der Waals surface area contributed by atoms with Crippen molar-refractivity contribution in [3.63, 3.8) is 0 Å². The lowest BCUT2D eigenvalue weighted by atomic mass is 9.88. The molecule has 0 radical (unpaired) electrons. The summed E-state index contributed by atoms with van der Waals surface area (Å²) in [6.45, 7) is 2.20. The van der Waals surface area contributed by atoms with Crippen molar-refractivity contribution < 1.29 is 19.8 Å². The number of aromatic hydroxyl groups is 2. The lowest BCUT2D eigenvalue weighted by molar-refractivity contribution is 0.0963. The van der Waals surface area contributed by atoms with Crippen molar-refractivity contribution >= 4 is 28.2 Å². The molecule has 0 spiro atoms. The average molecular weight is 426 g/mol. The maximum Gasteiger partial charge on any atom is 0.256 e. The van der Waals surface area contributed by atoms with E-state index in [1.54, 1.807) is 31.3 Å². The summed E-state index contributed by atoms with van der Waals surface area (Å²) in [5.74, 6) is -0.145. The predicted octanol–water partition coefficient (Wildman–Crippen LogP) is 3.69. The van der Waals surface area contributed by atoms with Gasteiger partial charge in [0, 0.05) is 29.6 Å². The highest BCUT2D eigenvalue weighted by molar-refractivity contribution is 7.17. The second-order valence-corrected chi connectivity index (χ2v) is 8.63. The number of fused-ring (bicyclic) bond motifs is 1. The Morgan fingerprint density at radius 1 is 1.07 bits per heavy atom. The monoisotopic (exact) mass is 425 g/mol. The smallest absolute Gasteiger partial charge is 0.256 e. The first-order chi connectivity index (χ1) is 14.4. The number of hydrogen-bond donors (Lipinski definition) is 4. The fourth-order valence-corrected chi connectivity index (χ4v) is 5.22. The Labute approximate surface area is 178 Å². The van der Waals surface area contributed by atoms with Crippen molar-refractivity contribution in [1.29, 1.82) is 0 Å². The molecule has 0 saturated heterocycles. The van der Waals surface area contributed by atoms with Crippen molar-refractivity contribution in [2.24, 2.45) is 5.92 Å². The van der Waals surface area contributed by atoms with Gasteiger partial charge in [-0.3, -0.25) is 14.2 Å². The highest BCUT2D eigenvalue weighted by Crippen LogP contribution is 2.39. The van der Waals surface area contributed by atoms with Gasteiger partial charge in [-0.1, -0.05) is 6.92 Å². The molecule has 1 aliphatic carbocycles. The quantitative estimate of drug-likeness (QED) is 0.512. The Balaban J connectivity index is 1.60. The molecule has 3 aromatic rings. The predicted molar refractivity (Wildman–Crippen MR) is 116 cm³/mol. The first-order valence-electron chi connectivity index (χ1n) is 9.77. The van der Waals surface area contributed by atoms with Crippen LogP contribution in [0.2, 0.25) is 0 Å². The molecular formula is C22H23N3O4S. The highest BCUT2D eigenvalue weighted by atomic mass is 32.1. The van der Waals surface area contributed by atoms with Crippen LogP contribution < -0.4 is 10.6 Å². The number of hydrogen-bond acceptors (Lipinski definition) is 5. The number of aromatic nitrogens is 1. The van der Waals surface area contributed by atoms with Gasteiger partial charge in [-0.15, -0.1) is 11.3 Å². The number of carbonyl (C=O) groups excluding carboxylic acids is 2. The molecular weight excluding hydrogens is 402 g/mol. The van der Waals surface area contributed by atoms with Gasteiger partial charge in [0.25, 0.3) is 11.8 Å². The summed E-state index contributed by atoms with van der Waals surface area (Å²) in [7, 11) is 1.59. The van der Waals surface area contributed by atoms with E-state index in [4.69, 9.17) is 0 Å². The largest absolute Gasteiger partial charge is 0.494 e. The lowest BCUT2D eigenvalue weighted by Gasteiger charge is -2.18. The van der Waals surface area contributed by atoms with Gasteiger partial charge in [0.15, 0.2) is 11.8 Å². The molecule has 1 unspecified atom stereocenters. The Hall–Kier alpha value is -3.26. The number of anilines is 1. The molecule has 2 aromatic heterocycles. The Morgan fingerprint density at radius 2 is 1.73 bits per heavy atom. The van der Waals surface area contributed by atoms with E-state index in [1.807, 2.05) is 0 Å². The van der Waals surface area contributed by atoms with E-state index in [2.05, 4.69) is 17.6 Å². The van der Waals surface area contributed by atoms with Crippen LogP contribution in [-0.4, -0.2) is 33.6 Å². The van der Waals surface area contributed by atoms with Gasteiger partial charge in [0.1, 0.15) is 5.00 Å². The van der Waals surface area contributed by atoms with Crippen LogP contribution in [0.3, 0.4) is 0 Å². The van der Waals surface area contributed by atoms with Gasteiger partial charge in [0.2, 0.25) is 0 Å². The number of nitrogens with one attached hydrogen (secondary N) is 2. The zero-order valence-corrected chi connectivity index (χ0v) is 17.5. The second kappa shape index (κ2) is 7.87. The highest BCUT2D eigenvalue weighted by Gasteiger charge is 2.28. The first-order valence-corrected chi connectivity index (χ1v) is 10.6. The van der Waals surface area contributed by atoms with Gasteiger partial charge in [-0.25, -0.2) is 0 Å². The van der Waals surface area contributed by atoms with Gasteiger partial charge >= 0.3 is 0 Å². The van der Waals surface area contributed by atoms with E-state index >= 15 is 0 Å². The fraction of sp³-hybridized carbons (Fsp3) is 0.273. The number of nitrogens with zero attached hydrogens (tertiary/aromatic N) is 1. The van der Waals surface area contributed by atoms with Crippen LogP contribution in [0.25, 0.3) is 5.69 Å². The van der Waals surface area contributed by atoms with Crippen LogP contribution in [0.15, 0.2) is 36.4 Å². The molecule has 4 rings (SSSR count). The van der Waals surface area contributed by atoms with E-state index in [-0.39, 0.29) is 23.6 Å². The summed E-state index contributed by atoms with van der Waals surface area (Å²) < 4.78 is 1.26. The number of rotatable bonds is 4. The van der Waals surface area contributed by atoms with Gasteiger partial charge in [0.05, 0.1) is 11.3 Å². The van der Waals surface area contributed by atoms with E-state index in [0.717, 1.165) is 29.7 Å². The third-order valence-electron chi connectivity index (χ3n) is 5.42. The number of amides is 2. The van der Waals surface area contributed by atoms with Gasteiger partial charge < -0.3 is 20.8 Å². The molecule has 8 heteroatoms. The third-order valence-corrected chi connectivity index (χ3v) is 6.59. The molecule has 0 aliphatic heterocycles. The fourth-order valence-electron chi connectivity index (χ4n) is 3.82. The molecule has 156 valence electrons. The van der Waals surface area contributed by atoms with Gasteiger partial charge in [-0.05, 0) is 55.0 Å². The number of thiophene rings is 1. The molecule has 1 atom stereocenters. The van der Waals surface area contributed by atoms with Crippen molar-refractivity contribution in [2.75, 3.05) is 12.4 Å². The van der Waals surface area contributed by atoms with Crippen LogP contribution >= 0.6 is 11.3 Å². The van der Waals surface area contributed by atoms with E-state index in [9.17, 15) is 19.8 Å². The molecule has 0 saturated carbocycles. The second-order valence-electron chi connectivity index (χ2n) is 7.52. The molecule has 4 N–H and O–H groups in total. The summed E-state index contributed by atoms with van der Waals surface area (Å²) >= 11 is 1.47. The van der Waals surface area contributed by atoms with Crippen LogP contribution in [0.5, 0.6) is 11.8 Å². The molecule has 0 bridgehead atoms. The molecule has 2 heterocycles. The summed E-state index contributed by atoms with van der Waals surface area (Å²) in [6.07, 6.45) is 2.78. The summed E-state index contributed by atoms with van der Waals surface area (Å²) in [6, 6.07) is 9.26. The Bertz CT molecular complexity index is 1090. The van der Waals surface area contributed by atoms with Crippen LogP contribution in [0.1, 0.15) is 44.5 Å². The van der Waals surface area contributed by atoms with E-state index < -0.39 is 0 Å². The van der Waals surface area contributed by atoms with E-state index in [0.29, 0.717) is 27.7 Å². The molecule has 1 aromatic carbocycles. The Morgan fingerprint density at radius 3 is 2.37 bits per heavy atom. The summed E-state index contributed by atoms with van der Waals surface area (Å²) in [4.78, 5) is 26.5. The molecule has 7 nitrogen and oxygen atoms in total. The maximum absolute atomic E-state index is 12.8. The Kier molecular flexibility index (Phi) is 5.26. The van der Waals surface area contributed by atoms with Crippen molar-refractivity contribution in [3.05, 3.63) is 58.0 Å². The topological polar surface area (TPSA) is 104 Å². The van der Waals surface area contributed by atoms with Crippen molar-refractivity contribution in [3.8, 4) is 17.4 Å². The lowest BCUT2D eigenvalue weighted by Crippen LogP contribution is -2.22. The normalized spacial score (nSPS) is 15.5. The maximum atomic E-state index is 12.8. The van der Waals surface area contributed by atoms with Crippen molar-refractivity contribution in [2.45, 2.75) is 26.2 Å². The molecule has 0 fully saturated rings. The average Bonchev–Trinajstić information content (AvgIpc) is 3.25. The number of carbonyl (C=O) groups is 2. The van der Waals surface area contributed by atoms with Crippen molar-refractivity contribution in [1.82, 2.24) is 9.88 Å². The number of benzene rings is 1. The minimum Gasteiger partial charge on any atom is -0.494 e.